The summed E-state index contributed by atoms with van der Waals surface area (Å²) in [6, 6.07) is 3.35. The van der Waals surface area contributed by atoms with Gasteiger partial charge in [-0.3, -0.25) is 0 Å². The molecule has 0 bridgehead atoms. The molecule has 0 atom stereocenters. The van der Waals surface area contributed by atoms with Crippen molar-refractivity contribution in [2.45, 2.75) is 13.3 Å². The monoisotopic (exact) mass is 200 g/mol. The van der Waals surface area contributed by atoms with E-state index in [1.165, 1.54) is 13.2 Å². The van der Waals surface area contributed by atoms with Gasteiger partial charge in [0.05, 0.1) is 7.11 Å². The molecule has 0 unspecified atom stereocenters. The zero-order chi connectivity index (χ0) is 9.84. The Morgan fingerprint density at radius 1 is 1.50 bits per heavy atom. The molecule has 70 valence electrons. The largest absolute Gasteiger partial charge is 1.00 e. The third kappa shape index (κ3) is 2.77. The molecular weight excluding hydrogens is 187 g/mol. The molecular formula is C11H13NaO2. The van der Waals surface area contributed by atoms with E-state index in [0.717, 1.165) is 17.5 Å². The van der Waals surface area contributed by atoms with Crippen LogP contribution in [0.5, 0.6) is 11.5 Å². The summed E-state index contributed by atoms with van der Waals surface area (Å²) in [6.07, 6.45) is 2.58. The van der Waals surface area contributed by atoms with Gasteiger partial charge in [-0.05, 0) is 24.5 Å². The van der Waals surface area contributed by atoms with Gasteiger partial charge in [0.15, 0.2) is 0 Å². The summed E-state index contributed by atoms with van der Waals surface area (Å²) in [5.74, 6) is 0.382. The predicted octanol–water partition coefficient (Wildman–Crippen LogP) is -1.19. The second-order valence-corrected chi connectivity index (χ2v) is 2.87. The second kappa shape index (κ2) is 6.12. The van der Waals surface area contributed by atoms with Gasteiger partial charge < -0.3 is 9.84 Å². The van der Waals surface area contributed by atoms with E-state index in [9.17, 15) is 5.11 Å². The van der Waals surface area contributed by atoms with Crippen LogP contribution in [0, 0.1) is 6.92 Å². The molecule has 0 aliphatic rings. The molecule has 3 heteroatoms. The minimum atomic E-state index is -0.0622. The van der Waals surface area contributed by atoms with Gasteiger partial charge in [0.25, 0.3) is 0 Å². The number of ether oxygens (including phenoxy) is 1. The van der Waals surface area contributed by atoms with Crippen molar-refractivity contribution in [3.05, 3.63) is 35.9 Å². The maximum absolute atomic E-state index is 11.3. The molecule has 0 radical (unpaired) electrons. The first-order chi connectivity index (χ1) is 6.20. The maximum Gasteiger partial charge on any atom is 1.00 e. The summed E-state index contributed by atoms with van der Waals surface area (Å²) in [5, 5.41) is 11.3. The molecule has 0 saturated carbocycles. The molecule has 0 N–H and O–H groups in total. The normalized spacial score (nSPS) is 9.00. The van der Waals surface area contributed by atoms with E-state index >= 15 is 0 Å². The molecule has 0 aliphatic carbocycles. The zero-order valence-corrected chi connectivity index (χ0v) is 11.0. The van der Waals surface area contributed by atoms with E-state index in [2.05, 4.69) is 6.58 Å². The Kier molecular flexibility index (Phi) is 5.93. The van der Waals surface area contributed by atoms with Crippen molar-refractivity contribution in [3.8, 4) is 11.5 Å². The number of benzene rings is 1. The summed E-state index contributed by atoms with van der Waals surface area (Å²) >= 11 is 0. The van der Waals surface area contributed by atoms with Gasteiger partial charge in [-0.25, -0.2) is 0 Å². The van der Waals surface area contributed by atoms with Crippen LogP contribution in [0.3, 0.4) is 0 Å². The summed E-state index contributed by atoms with van der Waals surface area (Å²) < 4.78 is 5.02. The molecule has 0 aromatic heterocycles. The number of hydrogen-bond donors (Lipinski definition) is 0. The van der Waals surface area contributed by atoms with E-state index in [0.29, 0.717) is 5.75 Å². The van der Waals surface area contributed by atoms with Crippen LogP contribution in [0.15, 0.2) is 24.8 Å². The standard InChI is InChI=1S/C11H14O2.Na/c1-4-5-9-6-7-10(12)11(13-3)8(9)2;/h4,6-7,12H,1,5H2,2-3H3;/q;+1/p-1. The number of allylic oxidation sites excluding steroid dienone is 1. The molecule has 0 heterocycles. The molecule has 1 aromatic carbocycles. The van der Waals surface area contributed by atoms with Gasteiger partial charge in [-0.1, -0.05) is 24.0 Å². The fraction of sp³-hybridized carbons (Fsp3) is 0.273. The molecule has 1 aromatic rings. The Bertz CT molecular complexity index is 321. The SMILES string of the molecule is C=CCc1ccc([O-])c(OC)c1C.[Na+]. The van der Waals surface area contributed by atoms with E-state index in [-0.39, 0.29) is 35.3 Å². The van der Waals surface area contributed by atoms with Crippen LogP contribution in [0.2, 0.25) is 0 Å². The van der Waals surface area contributed by atoms with Crippen LogP contribution >= 0.6 is 0 Å². The minimum Gasteiger partial charge on any atom is -0.870 e. The summed E-state index contributed by atoms with van der Waals surface area (Å²) in [5.41, 5.74) is 2.00. The summed E-state index contributed by atoms with van der Waals surface area (Å²) in [4.78, 5) is 0. The molecule has 0 aliphatic heterocycles. The third-order valence-electron chi connectivity index (χ3n) is 2.05. The molecule has 0 fully saturated rings. The minimum absolute atomic E-state index is 0. The van der Waals surface area contributed by atoms with Crippen molar-refractivity contribution in [3.63, 3.8) is 0 Å². The molecule has 14 heavy (non-hydrogen) atoms. The Balaban J connectivity index is 0.00000169. The first-order valence-corrected chi connectivity index (χ1v) is 4.15. The third-order valence-corrected chi connectivity index (χ3v) is 2.05. The van der Waals surface area contributed by atoms with Gasteiger partial charge in [0.2, 0.25) is 0 Å². The van der Waals surface area contributed by atoms with Crippen LogP contribution in [0.1, 0.15) is 11.1 Å². The number of rotatable bonds is 3. The van der Waals surface area contributed by atoms with Crippen molar-refractivity contribution in [2.24, 2.45) is 0 Å². The van der Waals surface area contributed by atoms with Crippen molar-refractivity contribution < 1.29 is 39.4 Å². The quantitative estimate of drug-likeness (QED) is 0.454. The van der Waals surface area contributed by atoms with Crippen LogP contribution in [0.4, 0.5) is 0 Å². The van der Waals surface area contributed by atoms with Crippen molar-refractivity contribution >= 4 is 0 Å². The van der Waals surface area contributed by atoms with Crippen LogP contribution in [-0.2, 0) is 6.42 Å². The van der Waals surface area contributed by atoms with E-state index in [1.807, 2.05) is 19.1 Å². The first kappa shape index (κ1) is 13.6. The molecule has 0 saturated heterocycles. The Morgan fingerprint density at radius 2 is 2.14 bits per heavy atom. The Hall–Kier alpha value is -0.440. The second-order valence-electron chi connectivity index (χ2n) is 2.87. The van der Waals surface area contributed by atoms with Gasteiger partial charge in [-0.15, -0.1) is 6.58 Å². The average Bonchev–Trinajstić information content (AvgIpc) is 2.11. The van der Waals surface area contributed by atoms with E-state index in [1.54, 1.807) is 0 Å². The van der Waals surface area contributed by atoms with Gasteiger partial charge in [0, 0.05) is 0 Å². The zero-order valence-electron chi connectivity index (χ0n) is 8.96. The molecule has 0 spiro atoms. The molecule has 1 rings (SSSR count). The topological polar surface area (TPSA) is 32.3 Å². The van der Waals surface area contributed by atoms with Crippen LogP contribution < -0.4 is 39.4 Å². The summed E-state index contributed by atoms with van der Waals surface area (Å²) in [7, 11) is 1.52. The van der Waals surface area contributed by atoms with Crippen molar-refractivity contribution in [1.29, 1.82) is 0 Å². The predicted molar refractivity (Wildman–Crippen MR) is 51.1 cm³/mol. The van der Waals surface area contributed by atoms with Gasteiger partial charge >= 0.3 is 29.6 Å². The Morgan fingerprint density at radius 3 is 2.64 bits per heavy atom. The maximum atomic E-state index is 11.3. The Labute approximate surface area is 107 Å². The fourth-order valence-electron chi connectivity index (χ4n) is 1.34. The molecule has 2 nitrogen and oxygen atoms in total. The van der Waals surface area contributed by atoms with Gasteiger partial charge in [-0.2, -0.15) is 0 Å². The fourth-order valence-corrected chi connectivity index (χ4v) is 1.34. The van der Waals surface area contributed by atoms with Crippen molar-refractivity contribution in [2.75, 3.05) is 7.11 Å². The van der Waals surface area contributed by atoms with E-state index < -0.39 is 0 Å². The number of methoxy groups -OCH3 is 1. The van der Waals surface area contributed by atoms with Crippen LogP contribution in [0.25, 0.3) is 0 Å². The van der Waals surface area contributed by atoms with Crippen LogP contribution in [-0.4, -0.2) is 7.11 Å². The summed E-state index contributed by atoms with van der Waals surface area (Å²) in [6.45, 7) is 5.54. The van der Waals surface area contributed by atoms with Gasteiger partial charge in [0.1, 0.15) is 5.75 Å². The first-order valence-electron chi connectivity index (χ1n) is 4.15. The van der Waals surface area contributed by atoms with Crippen molar-refractivity contribution in [1.82, 2.24) is 0 Å². The molecule has 0 amide bonds. The average molecular weight is 200 g/mol. The van der Waals surface area contributed by atoms with E-state index in [4.69, 9.17) is 4.74 Å². The smallest absolute Gasteiger partial charge is 0.870 e. The number of hydrogen-bond acceptors (Lipinski definition) is 2.